The van der Waals surface area contributed by atoms with Crippen molar-refractivity contribution in [1.29, 1.82) is 0 Å². The average Bonchev–Trinajstić information content (AvgIpc) is 2.63. The SMILES string of the molecule is CCNC(=NCCc1ccccc1)NCCc1cccc(OC)c1. The van der Waals surface area contributed by atoms with Crippen molar-refractivity contribution < 1.29 is 4.74 Å². The van der Waals surface area contributed by atoms with E-state index in [1.807, 2.05) is 18.2 Å². The second kappa shape index (κ2) is 10.3. The van der Waals surface area contributed by atoms with Gasteiger partial charge in [-0.3, -0.25) is 4.99 Å². The van der Waals surface area contributed by atoms with Gasteiger partial charge in [0, 0.05) is 19.6 Å². The molecule has 0 unspecified atom stereocenters. The quantitative estimate of drug-likeness (QED) is 0.579. The van der Waals surface area contributed by atoms with Crippen LogP contribution in [0.5, 0.6) is 5.75 Å². The van der Waals surface area contributed by atoms with E-state index in [2.05, 4.69) is 58.9 Å². The zero-order valence-corrected chi connectivity index (χ0v) is 14.6. The van der Waals surface area contributed by atoms with Crippen LogP contribution in [0, 0.1) is 0 Å². The van der Waals surface area contributed by atoms with E-state index < -0.39 is 0 Å². The molecule has 0 fully saturated rings. The number of aliphatic imine (C=N–C) groups is 1. The number of benzene rings is 2. The van der Waals surface area contributed by atoms with Gasteiger partial charge in [0.2, 0.25) is 0 Å². The van der Waals surface area contributed by atoms with Crippen molar-refractivity contribution in [3.8, 4) is 5.75 Å². The molecule has 128 valence electrons. The molecule has 4 nitrogen and oxygen atoms in total. The third-order valence-electron chi connectivity index (χ3n) is 3.70. The molecule has 0 heterocycles. The minimum Gasteiger partial charge on any atom is -0.497 e. The molecule has 0 bridgehead atoms. The molecule has 2 aromatic carbocycles. The Morgan fingerprint density at radius 3 is 2.50 bits per heavy atom. The molecular formula is C20H27N3O. The molecule has 0 saturated carbocycles. The van der Waals surface area contributed by atoms with Crippen LogP contribution in [-0.4, -0.2) is 32.7 Å². The van der Waals surface area contributed by atoms with Crippen molar-refractivity contribution in [2.45, 2.75) is 19.8 Å². The minimum absolute atomic E-state index is 0.776. The topological polar surface area (TPSA) is 45.7 Å². The summed E-state index contributed by atoms with van der Waals surface area (Å²) in [5, 5.41) is 6.68. The number of hydrogen-bond donors (Lipinski definition) is 2. The molecule has 0 aliphatic rings. The second-order valence-corrected chi connectivity index (χ2v) is 5.52. The zero-order valence-electron chi connectivity index (χ0n) is 14.6. The van der Waals surface area contributed by atoms with Crippen molar-refractivity contribution in [3.63, 3.8) is 0 Å². The van der Waals surface area contributed by atoms with E-state index >= 15 is 0 Å². The van der Waals surface area contributed by atoms with Gasteiger partial charge in [-0.25, -0.2) is 0 Å². The minimum atomic E-state index is 0.776. The van der Waals surface area contributed by atoms with Gasteiger partial charge in [-0.1, -0.05) is 42.5 Å². The summed E-state index contributed by atoms with van der Waals surface area (Å²) in [4.78, 5) is 4.64. The molecule has 0 aliphatic heterocycles. The first-order valence-corrected chi connectivity index (χ1v) is 8.51. The average molecular weight is 325 g/mol. The van der Waals surface area contributed by atoms with E-state index in [4.69, 9.17) is 4.74 Å². The molecule has 0 aliphatic carbocycles. The fourth-order valence-corrected chi connectivity index (χ4v) is 2.44. The van der Waals surface area contributed by atoms with Gasteiger partial charge < -0.3 is 15.4 Å². The standard InChI is InChI=1S/C20H27N3O/c1-3-21-20(22-14-12-17-8-5-4-6-9-17)23-15-13-18-10-7-11-19(16-18)24-2/h4-11,16H,3,12-15H2,1-2H3,(H2,21,22,23). The van der Waals surface area contributed by atoms with Crippen LogP contribution in [0.3, 0.4) is 0 Å². The fourth-order valence-electron chi connectivity index (χ4n) is 2.44. The largest absolute Gasteiger partial charge is 0.497 e. The lowest BCUT2D eigenvalue weighted by molar-refractivity contribution is 0.414. The van der Waals surface area contributed by atoms with E-state index in [-0.39, 0.29) is 0 Å². The normalized spacial score (nSPS) is 11.2. The Morgan fingerprint density at radius 2 is 1.75 bits per heavy atom. The number of rotatable bonds is 8. The summed E-state index contributed by atoms with van der Waals surface area (Å²) < 4.78 is 5.26. The maximum Gasteiger partial charge on any atom is 0.191 e. The maximum atomic E-state index is 5.26. The first-order chi connectivity index (χ1) is 11.8. The van der Waals surface area contributed by atoms with E-state index in [0.29, 0.717) is 0 Å². The first kappa shape index (κ1) is 17.9. The van der Waals surface area contributed by atoms with Crippen LogP contribution in [0.2, 0.25) is 0 Å². The van der Waals surface area contributed by atoms with E-state index in [0.717, 1.165) is 44.2 Å². The Labute approximate surface area is 145 Å². The van der Waals surface area contributed by atoms with Gasteiger partial charge in [0.15, 0.2) is 5.96 Å². The molecule has 2 rings (SSSR count). The van der Waals surface area contributed by atoms with Crippen molar-refractivity contribution in [1.82, 2.24) is 10.6 Å². The molecule has 0 spiro atoms. The summed E-state index contributed by atoms with van der Waals surface area (Å²) in [5.74, 6) is 1.77. The van der Waals surface area contributed by atoms with Gasteiger partial charge in [-0.05, 0) is 43.0 Å². The van der Waals surface area contributed by atoms with Crippen molar-refractivity contribution in [2.75, 3.05) is 26.7 Å². The van der Waals surface area contributed by atoms with Crippen molar-refractivity contribution in [3.05, 3.63) is 65.7 Å². The maximum absolute atomic E-state index is 5.26. The van der Waals surface area contributed by atoms with Crippen LogP contribution < -0.4 is 15.4 Å². The highest BCUT2D eigenvalue weighted by atomic mass is 16.5. The highest BCUT2D eigenvalue weighted by Crippen LogP contribution is 2.12. The van der Waals surface area contributed by atoms with E-state index in [9.17, 15) is 0 Å². The lowest BCUT2D eigenvalue weighted by atomic mass is 10.1. The summed E-state index contributed by atoms with van der Waals surface area (Å²) in [5.41, 5.74) is 2.57. The molecule has 0 saturated heterocycles. The number of methoxy groups -OCH3 is 1. The molecule has 24 heavy (non-hydrogen) atoms. The van der Waals surface area contributed by atoms with Crippen molar-refractivity contribution >= 4 is 5.96 Å². The Hall–Kier alpha value is -2.49. The molecule has 4 heteroatoms. The van der Waals surface area contributed by atoms with Crippen LogP contribution in [-0.2, 0) is 12.8 Å². The molecule has 2 aromatic rings. The molecular weight excluding hydrogens is 298 g/mol. The van der Waals surface area contributed by atoms with E-state index in [1.54, 1.807) is 7.11 Å². The fraction of sp³-hybridized carbons (Fsp3) is 0.350. The summed E-state index contributed by atoms with van der Waals surface area (Å²) >= 11 is 0. The second-order valence-electron chi connectivity index (χ2n) is 5.52. The third-order valence-corrected chi connectivity index (χ3v) is 3.70. The summed E-state index contributed by atoms with van der Waals surface area (Å²) in [6.45, 7) is 4.55. The molecule has 0 amide bonds. The molecule has 0 aromatic heterocycles. The molecule has 0 atom stereocenters. The first-order valence-electron chi connectivity index (χ1n) is 8.51. The van der Waals surface area contributed by atoms with Crippen LogP contribution in [0.15, 0.2) is 59.6 Å². The summed E-state index contributed by atoms with van der Waals surface area (Å²) in [6.07, 6.45) is 1.88. The van der Waals surface area contributed by atoms with Crippen LogP contribution in [0.25, 0.3) is 0 Å². The van der Waals surface area contributed by atoms with Gasteiger partial charge >= 0.3 is 0 Å². The van der Waals surface area contributed by atoms with Gasteiger partial charge in [0.25, 0.3) is 0 Å². The Bertz CT molecular complexity index is 626. The number of nitrogens with zero attached hydrogens (tertiary/aromatic N) is 1. The number of nitrogens with one attached hydrogen (secondary N) is 2. The highest BCUT2D eigenvalue weighted by Gasteiger charge is 1.99. The third kappa shape index (κ3) is 6.32. The lowest BCUT2D eigenvalue weighted by Gasteiger charge is -2.11. The molecule has 0 radical (unpaired) electrons. The zero-order chi connectivity index (χ0) is 17.0. The van der Waals surface area contributed by atoms with Gasteiger partial charge in [-0.15, -0.1) is 0 Å². The van der Waals surface area contributed by atoms with Crippen LogP contribution in [0.1, 0.15) is 18.1 Å². The summed E-state index contributed by atoms with van der Waals surface area (Å²) in [6, 6.07) is 18.6. The van der Waals surface area contributed by atoms with Crippen molar-refractivity contribution in [2.24, 2.45) is 4.99 Å². The van der Waals surface area contributed by atoms with E-state index in [1.165, 1.54) is 11.1 Å². The number of hydrogen-bond acceptors (Lipinski definition) is 2. The number of ether oxygens (including phenoxy) is 1. The monoisotopic (exact) mass is 325 g/mol. The Balaban J connectivity index is 1.80. The Kier molecular flexibility index (Phi) is 7.68. The van der Waals surface area contributed by atoms with Crippen LogP contribution >= 0.6 is 0 Å². The Morgan fingerprint density at radius 1 is 0.958 bits per heavy atom. The number of guanidine groups is 1. The predicted octanol–water partition coefficient (Wildman–Crippen LogP) is 3.04. The van der Waals surface area contributed by atoms with Gasteiger partial charge in [0.05, 0.1) is 7.11 Å². The molecule has 2 N–H and O–H groups in total. The van der Waals surface area contributed by atoms with Gasteiger partial charge in [-0.2, -0.15) is 0 Å². The predicted molar refractivity (Wildman–Crippen MR) is 101 cm³/mol. The lowest BCUT2D eigenvalue weighted by Crippen LogP contribution is -2.38. The smallest absolute Gasteiger partial charge is 0.191 e. The van der Waals surface area contributed by atoms with Crippen LogP contribution in [0.4, 0.5) is 0 Å². The highest BCUT2D eigenvalue weighted by molar-refractivity contribution is 5.79. The summed E-state index contributed by atoms with van der Waals surface area (Å²) in [7, 11) is 1.69. The van der Waals surface area contributed by atoms with Gasteiger partial charge in [0.1, 0.15) is 5.75 Å².